The van der Waals surface area contributed by atoms with Crippen LogP contribution in [-0.2, 0) is 7.05 Å². The van der Waals surface area contributed by atoms with Gasteiger partial charge >= 0.3 is 5.69 Å². The van der Waals surface area contributed by atoms with E-state index in [-0.39, 0.29) is 11.5 Å². The molecule has 0 aromatic carbocycles. The van der Waals surface area contributed by atoms with Crippen LogP contribution in [0.1, 0.15) is 11.3 Å². The standard InChI is InChI=1S/C9H11N7O2/c1-5-7(8(10)11)9(14(2)13-5)15-4-6(3-12-15)16(17)18/h3-4H,1-2H3,(H3,10,11). The maximum atomic E-state index is 10.6. The van der Waals surface area contributed by atoms with E-state index >= 15 is 0 Å². The third-order valence-electron chi connectivity index (χ3n) is 2.46. The summed E-state index contributed by atoms with van der Waals surface area (Å²) in [6.07, 6.45) is 2.38. The predicted octanol–water partition coefficient (Wildman–Crippen LogP) is 0.106. The van der Waals surface area contributed by atoms with Crippen molar-refractivity contribution in [2.45, 2.75) is 6.92 Å². The first kappa shape index (κ1) is 11.8. The fourth-order valence-electron chi connectivity index (χ4n) is 1.75. The highest BCUT2D eigenvalue weighted by Crippen LogP contribution is 2.19. The third kappa shape index (κ3) is 1.71. The van der Waals surface area contributed by atoms with E-state index in [1.54, 1.807) is 14.0 Å². The Morgan fingerprint density at radius 2 is 2.28 bits per heavy atom. The van der Waals surface area contributed by atoms with Crippen LogP contribution in [0.15, 0.2) is 12.4 Å². The van der Waals surface area contributed by atoms with Crippen LogP contribution in [-0.4, -0.2) is 30.3 Å². The van der Waals surface area contributed by atoms with Crippen molar-refractivity contribution < 1.29 is 4.92 Å². The third-order valence-corrected chi connectivity index (χ3v) is 2.46. The van der Waals surface area contributed by atoms with E-state index in [9.17, 15) is 10.1 Å². The van der Waals surface area contributed by atoms with Crippen LogP contribution in [0.5, 0.6) is 0 Å². The molecule has 18 heavy (non-hydrogen) atoms. The number of amidine groups is 1. The Kier molecular flexibility index (Phi) is 2.58. The van der Waals surface area contributed by atoms with Gasteiger partial charge in [-0.1, -0.05) is 0 Å². The maximum absolute atomic E-state index is 10.6. The second-order valence-electron chi connectivity index (χ2n) is 3.72. The van der Waals surface area contributed by atoms with Gasteiger partial charge in [0.25, 0.3) is 0 Å². The predicted molar refractivity (Wildman–Crippen MR) is 62.7 cm³/mol. The number of nitrogens with one attached hydrogen (secondary N) is 1. The Balaban J connectivity index is 2.62. The fourth-order valence-corrected chi connectivity index (χ4v) is 1.75. The molecule has 0 fully saturated rings. The largest absolute Gasteiger partial charge is 0.384 e. The van der Waals surface area contributed by atoms with Crippen molar-refractivity contribution >= 4 is 11.5 Å². The van der Waals surface area contributed by atoms with Crippen LogP contribution in [0.3, 0.4) is 0 Å². The van der Waals surface area contributed by atoms with Gasteiger partial charge in [-0.2, -0.15) is 10.2 Å². The zero-order valence-corrected chi connectivity index (χ0v) is 9.78. The molecule has 9 heteroatoms. The first-order valence-corrected chi connectivity index (χ1v) is 4.99. The Morgan fingerprint density at radius 1 is 1.61 bits per heavy atom. The van der Waals surface area contributed by atoms with E-state index in [1.807, 2.05) is 0 Å². The van der Waals surface area contributed by atoms with Gasteiger partial charge in [-0.25, -0.2) is 4.68 Å². The van der Waals surface area contributed by atoms with Gasteiger partial charge in [-0.3, -0.25) is 20.2 Å². The average Bonchev–Trinajstić information content (AvgIpc) is 2.81. The Bertz CT molecular complexity index is 639. The second-order valence-corrected chi connectivity index (χ2v) is 3.72. The Labute approximate surface area is 101 Å². The first-order chi connectivity index (χ1) is 8.41. The lowest BCUT2D eigenvalue weighted by atomic mass is 10.2. The number of nitrogens with two attached hydrogens (primary N) is 1. The highest BCUT2D eigenvalue weighted by Gasteiger charge is 2.20. The number of aromatic nitrogens is 4. The maximum Gasteiger partial charge on any atom is 0.307 e. The van der Waals surface area contributed by atoms with Crippen molar-refractivity contribution in [3.05, 3.63) is 33.8 Å². The van der Waals surface area contributed by atoms with Gasteiger partial charge in [0, 0.05) is 7.05 Å². The average molecular weight is 249 g/mol. The summed E-state index contributed by atoms with van der Waals surface area (Å²) in [6.45, 7) is 1.71. The lowest BCUT2D eigenvalue weighted by Crippen LogP contribution is -2.16. The van der Waals surface area contributed by atoms with Gasteiger partial charge in [0.05, 0.1) is 16.2 Å². The minimum absolute atomic E-state index is 0.136. The van der Waals surface area contributed by atoms with E-state index in [1.165, 1.54) is 15.6 Å². The smallest absolute Gasteiger partial charge is 0.307 e. The van der Waals surface area contributed by atoms with E-state index < -0.39 is 4.92 Å². The lowest BCUT2D eigenvalue weighted by Gasteiger charge is -2.04. The van der Waals surface area contributed by atoms with Crippen LogP contribution in [0.25, 0.3) is 5.82 Å². The van der Waals surface area contributed by atoms with Crippen molar-refractivity contribution in [1.82, 2.24) is 19.6 Å². The van der Waals surface area contributed by atoms with Crippen LogP contribution in [0.4, 0.5) is 5.69 Å². The molecule has 0 radical (unpaired) electrons. The van der Waals surface area contributed by atoms with Gasteiger partial charge in [0.15, 0.2) is 5.82 Å². The van der Waals surface area contributed by atoms with Crippen molar-refractivity contribution in [3.63, 3.8) is 0 Å². The molecule has 0 unspecified atom stereocenters. The number of hydrogen-bond acceptors (Lipinski definition) is 5. The monoisotopic (exact) mass is 249 g/mol. The summed E-state index contributed by atoms with van der Waals surface area (Å²) in [5.74, 6) is 0.266. The van der Waals surface area contributed by atoms with Crippen molar-refractivity contribution in [1.29, 1.82) is 5.41 Å². The quantitative estimate of drug-likeness (QED) is 0.345. The van der Waals surface area contributed by atoms with Crippen molar-refractivity contribution in [2.75, 3.05) is 0 Å². The van der Waals surface area contributed by atoms with Crippen molar-refractivity contribution in [2.24, 2.45) is 12.8 Å². The van der Waals surface area contributed by atoms with Crippen molar-refractivity contribution in [3.8, 4) is 5.82 Å². The van der Waals surface area contributed by atoms with E-state index in [4.69, 9.17) is 11.1 Å². The molecule has 2 heterocycles. The van der Waals surface area contributed by atoms with Gasteiger partial charge in [-0.15, -0.1) is 0 Å². The number of hydrogen-bond donors (Lipinski definition) is 2. The van der Waals surface area contributed by atoms with E-state index in [2.05, 4.69) is 10.2 Å². The molecule has 2 rings (SSSR count). The molecule has 94 valence electrons. The summed E-state index contributed by atoms with van der Waals surface area (Å²) in [4.78, 5) is 10.1. The van der Waals surface area contributed by atoms with Gasteiger partial charge in [0.1, 0.15) is 18.2 Å². The number of nitrogen functional groups attached to an aromatic ring is 1. The molecule has 2 aromatic heterocycles. The minimum Gasteiger partial charge on any atom is -0.384 e. The normalized spacial score (nSPS) is 10.6. The van der Waals surface area contributed by atoms with Crippen LogP contribution >= 0.6 is 0 Å². The Morgan fingerprint density at radius 3 is 2.78 bits per heavy atom. The summed E-state index contributed by atoms with van der Waals surface area (Å²) < 4.78 is 2.76. The van der Waals surface area contributed by atoms with Crippen LogP contribution < -0.4 is 5.73 Å². The molecular weight excluding hydrogens is 238 g/mol. The zero-order valence-electron chi connectivity index (χ0n) is 9.78. The number of aryl methyl sites for hydroxylation is 2. The van der Waals surface area contributed by atoms with Crippen LogP contribution in [0, 0.1) is 22.4 Å². The topological polar surface area (TPSA) is 129 Å². The molecule has 0 spiro atoms. The highest BCUT2D eigenvalue weighted by atomic mass is 16.6. The molecule has 0 aliphatic carbocycles. The summed E-state index contributed by atoms with van der Waals surface area (Å²) in [6, 6.07) is 0. The zero-order chi connectivity index (χ0) is 13.4. The van der Waals surface area contributed by atoms with Crippen LogP contribution in [0.2, 0.25) is 0 Å². The summed E-state index contributed by atoms with van der Waals surface area (Å²) in [5, 5.41) is 26.2. The number of rotatable bonds is 3. The molecular formula is C9H11N7O2. The summed E-state index contributed by atoms with van der Waals surface area (Å²) in [5.41, 5.74) is 6.33. The summed E-state index contributed by atoms with van der Waals surface area (Å²) >= 11 is 0. The van der Waals surface area contributed by atoms with Gasteiger partial charge in [0.2, 0.25) is 0 Å². The number of nitrogens with zero attached hydrogens (tertiary/aromatic N) is 5. The van der Waals surface area contributed by atoms with E-state index in [0.717, 1.165) is 6.20 Å². The Hall–Kier alpha value is -2.71. The van der Waals surface area contributed by atoms with Gasteiger partial charge in [-0.05, 0) is 6.92 Å². The molecule has 0 saturated heterocycles. The molecule has 3 N–H and O–H groups in total. The molecule has 2 aromatic rings. The fraction of sp³-hybridized carbons (Fsp3) is 0.222. The molecule has 0 amide bonds. The summed E-state index contributed by atoms with van der Waals surface area (Å²) in [7, 11) is 1.66. The molecule has 0 bridgehead atoms. The second kappa shape index (κ2) is 3.95. The molecule has 0 aliphatic rings. The lowest BCUT2D eigenvalue weighted by molar-refractivity contribution is -0.384. The first-order valence-electron chi connectivity index (χ1n) is 4.99. The molecule has 0 aliphatic heterocycles. The SMILES string of the molecule is Cc1nn(C)c(-n2cc([N+](=O)[O-])cn2)c1C(=N)N. The van der Waals surface area contributed by atoms with Gasteiger partial charge < -0.3 is 5.73 Å². The molecule has 0 saturated carbocycles. The number of nitro groups is 1. The molecule has 0 atom stereocenters. The minimum atomic E-state index is -0.542. The highest BCUT2D eigenvalue weighted by molar-refractivity contribution is 5.99. The van der Waals surface area contributed by atoms with E-state index in [0.29, 0.717) is 17.1 Å². The molecule has 9 nitrogen and oxygen atoms in total.